The van der Waals surface area contributed by atoms with E-state index in [1.54, 1.807) is 19.9 Å². The maximum absolute atomic E-state index is 10.9. The number of carboxylic acids is 1. The second-order valence-corrected chi connectivity index (χ2v) is 4.27. The van der Waals surface area contributed by atoms with E-state index in [-0.39, 0.29) is 0 Å². The summed E-state index contributed by atoms with van der Waals surface area (Å²) >= 11 is 3.16. The molecule has 0 fully saturated rings. The van der Waals surface area contributed by atoms with Crippen molar-refractivity contribution in [1.29, 1.82) is 0 Å². The number of hydrogen-bond donors (Lipinski definition) is 1. The minimum absolute atomic E-state index is 0.492. The van der Waals surface area contributed by atoms with Gasteiger partial charge in [-0.15, -0.1) is 0 Å². The van der Waals surface area contributed by atoms with Gasteiger partial charge in [-0.05, 0) is 48.3 Å². The Bertz CT molecular complexity index is 339. The first-order valence-electron chi connectivity index (χ1n) is 3.85. The first-order chi connectivity index (χ1) is 5.85. The summed E-state index contributed by atoms with van der Waals surface area (Å²) in [5.41, 5.74) is -0.130. The monoisotopic (exact) mass is 246 g/mol. The minimum atomic E-state index is -0.976. The number of carbonyl (C=O) groups is 1. The Kier molecular flexibility index (Phi) is 2.52. The molecule has 0 saturated heterocycles. The molecule has 0 aromatic carbocycles. The smallest absolute Gasteiger partial charge is 0.316 e. The van der Waals surface area contributed by atoms with Crippen molar-refractivity contribution in [3.05, 3.63) is 22.1 Å². The zero-order valence-corrected chi connectivity index (χ0v) is 9.31. The highest BCUT2D eigenvalue weighted by atomic mass is 79.9. The summed E-state index contributed by atoms with van der Waals surface area (Å²) in [6.45, 7) is 5.06. The van der Waals surface area contributed by atoms with Crippen molar-refractivity contribution in [2.75, 3.05) is 0 Å². The Balaban J connectivity index is 3.21. The fourth-order valence-corrected chi connectivity index (χ4v) is 1.67. The van der Waals surface area contributed by atoms with Gasteiger partial charge in [0.05, 0.1) is 0 Å². The van der Waals surface area contributed by atoms with Crippen LogP contribution in [0.2, 0.25) is 0 Å². The van der Waals surface area contributed by atoms with Crippen LogP contribution in [0.15, 0.2) is 15.2 Å². The zero-order chi connectivity index (χ0) is 10.2. The van der Waals surface area contributed by atoms with Crippen molar-refractivity contribution in [2.45, 2.75) is 26.2 Å². The molecule has 1 rings (SSSR count). The molecule has 4 heteroatoms. The highest BCUT2D eigenvalue weighted by Crippen LogP contribution is 2.31. The van der Waals surface area contributed by atoms with E-state index in [1.165, 1.54) is 0 Å². The van der Waals surface area contributed by atoms with Crippen LogP contribution >= 0.6 is 15.9 Å². The molecule has 1 N–H and O–H groups in total. The number of aliphatic carboxylic acids is 1. The average Bonchev–Trinajstić information content (AvgIpc) is 2.30. The summed E-state index contributed by atoms with van der Waals surface area (Å²) in [7, 11) is 0. The van der Waals surface area contributed by atoms with Crippen LogP contribution in [0.25, 0.3) is 0 Å². The predicted molar refractivity (Wildman–Crippen MR) is 51.8 cm³/mol. The van der Waals surface area contributed by atoms with Gasteiger partial charge in [-0.1, -0.05) is 0 Å². The Labute approximate surface area is 84.9 Å². The van der Waals surface area contributed by atoms with Crippen molar-refractivity contribution in [2.24, 2.45) is 0 Å². The number of rotatable bonds is 2. The van der Waals surface area contributed by atoms with Crippen LogP contribution in [-0.4, -0.2) is 11.1 Å². The van der Waals surface area contributed by atoms with E-state index in [9.17, 15) is 4.79 Å². The van der Waals surface area contributed by atoms with Crippen LogP contribution in [-0.2, 0) is 10.2 Å². The molecule has 0 radical (unpaired) electrons. The van der Waals surface area contributed by atoms with Crippen LogP contribution in [0.1, 0.15) is 25.2 Å². The van der Waals surface area contributed by atoms with Gasteiger partial charge in [0.25, 0.3) is 0 Å². The highest BCUT2D eigenvalue weighted by molar-refractivity contribution is 9.10. The molecule has 72 valence electrons. The number of hydrogen-bond acceptors (Lipinski definition) is 2. The first-order valence-corrected chi connectivity index (χ1v) is 4.65. The first kappa shape index (κ1) is 10.3. The van der Waals surface area contributed by atoms with Crippen LogP contribution in [0, 0.1) is 6.92 Å². The van der Waals surface area contributed by atoms with Gasteiger partial charge < -0.3 is 9.52 Å². The third kappa shape index (κ3) is 1.77. The molecule has 0 bridgehead atoms. The van der Waals surface area contributed by atoms with E-state index in [1.807, 2.05) is 6.92 Å². The summed E-state index contributed by atoms with van der Waals surface area (Å²) in [6.07, 6.45) is 0. The molecule has 1 heterocycles. The lowest BCUT2D eigenvalue weighted by Crippen LogP contribution is -2.28. The maximum Gasteiger partial charge on any atom is 0.316 e. The number of furan rings is 1. The van der Waals surface area contributed by atoms with Crippen LogP contribution in [0.5, 0.6) is 0 Å². The van der Waals surface area contributed by atoms with Gasteiger partial charge in [0.15, 0.2) is 4.67 Å². The van der Waals surface area contributed by atoms with Crippen molar-refractivity contribution in [3.8, 4) is 0 Å². The molecule has 13 heavy (non-hydrogen) atoms. The topological polar surface area (TPSA) is 50.4 Å². The Hall–Kier alpha value is -0.770. The normalized spacial score (nSPS) is 11.7. The lowest BCUT2D eigenvalue weighted by Gasteiger charge is -2.16. The van der Waals surface area contributed by atoms with Crippen molar-refractivity contribution < 1.29 is 14.3 Å². The molecule has 3 nitrogen and oxygen atoms in total. The number of aryl methyl sites for hydroxylation is 1. The van der Waals surface area contributed by atoms with Gasteiger partial charge in [-0.25, -0.2) is 0 Å². The molecule has 0 aliphatic heterocycles. The van der Waals surface area contributed by atoms with Gasteiger partial charge in [0, 0.05) is 0 Å². The summed E-state index contributed by atoms with van der Waals surface area (Å²) in [6, 6.07) is 1.76. The molecule has 0 aliphatic rings. The lowest BCUT2D eigenvalue weighted by atomic mass is 9.88. The Morgan fingerprint density at radius 2 is 2.15 bits per heavy atom. The number of carboxylic acid groups (broad SMARTS) is 1. The quantitative estimate of drug-likeness (QED) is 0.874. The van der Waals surface area contributed by atoms with E-state index in [0.717, 1.165) is 5.56 Å². The van der Waals surface area contributed by atoms with Gasteiger partial charge in [-0.3, -0.25) is 4.79 Å². The van der Waals surface area contributed by atoms with E-state index < -0.39 is 11.4 Å². The highest BCUT2D eigenvalue weighted by Gasteiger charge is 2.34. The lowest BCUT2D eigenvalue weighted by molar-refractivity contribution is -0.143. The van der Waals surface area contributed by atoms with Gasteiger partial charge >= 0.3 is 5.97 Å². The second-order valence-electron chi connectivity index (χ2n) is 3.49. The molecular weight excluding hydrogens is 236 g/mol. The summed E-state index contributed by atoms with van der Waals surface area (Å²) in [4.78, 5) is 10.9. The fourth-order valence-electron chi connectivity index (χ4n) is 1.16. The number of halogens is 1. The van der Waals surface area contributed by atoms with E-state index in [4.69, 9.17) is 9.52 Å². The van der Waals surface area contributed by atoms with Gasteiger partial charge in [-0.2, -0.15) is 0 Å². The molecule has 0 spiro atoms. The molecule has 0 aliphatic carbocycles. The van der Waals surface area contributed by atoms with Gasteiger partial charge in [0.1, 0.15) is 11.2 Å². The van der Waals surface area contributed by atoms with Crippen LogP contribution < -0.4 is 0 Å². The fraction of sp³-hybridized carbons (Fsp3) is 0.444. The molecule has 1 aromatic heterocycles. The molecular formula is C9H11BrO3. The minimum Gasteiger partial charge on any atom is -0.481 e. The molecule has 0 amide bonds. The average molecular weight is 247 g/mol. The van der Waals surface area contributed by atoms with Crippen LogP contribution in [0.4, 0.5) is 0 Å². The van der Waals surface area contributed by atoms with Crippen molar-refractivity contribution in [3.63, 3.8) is 0 Å². The maximum atomic E-state index is 10.9. The molecule has 0 atom stereocenters. The van der Waals surface area contributed by atoms with Crippen molar-refractivity contribution in [1.82, 2.24) is 0 Å². The third-order valence-electron chi connectivity index (χ3n) is 1.99. The van der Waals surface area contributed by atoms with E-state index in [0.29, 0.717) is 10.4 Å². The zero-order valence-electron chi connectivity index (χ0n) is 7.72. The van der Waals surface area contributed by atoms with Crippen molar-refractivity contribution >= 4 is 21.9 Å². The molecule has 0 saturated carbocycles. The standard InChI is InChI=1S/C9H11BrO3/c1-5-4-6(10)13-7(5)9(2,3)8(11)12/h4H,1-3H3,(H,11,12). The summed E-state index contributed by atoms with van der Waals surface area (Å²) < 4.78 is 5.84. The molecule has 1 aromatic rings. The van der Waals surface area contributed by atoms with E-state index in [2.05, 4.69) is 15.9 Å². The Morgan fingerprint density at radius 3 is 2.46 bits per heavy atom. The summed E-state index contributed by atoms with van der Waals surface area (Å²) in [5.74, 6) is -0.399. The third-order valence-corrected chi connectivity index (χ3v) is 2.38. The SMILES string of the molecule is Cc1cc(Br)oc1C(C)(C)C(=O)O. The predicted octanol–water partition coefficient (Wildman–Crippen LogP) is 2.71. The van der Waals surface area contributed by atoms with E-state index >= 15 is 0 Å². The summed E-state index contributed by atoms with van der Waals surface area (Å²) in [5, 5.41) is 8.95. The molecule has 0 unspecified atom stereocenters. The van der Waals surface area contributed by atoms with Gasteiger partial charge in [0.2, 0.25) is 0 Å². The largest absolute Gasteiger partial charge is 0.481 e. The van der Waals surface area contributed by atoms with Crippen LogP contribution in [0.3, 0.4) is 0 Å². The Morgan fingerprint density at radius 1 is 1.62 bits per heavy atom. The second kappa shape index (κ2) is 3.18.